The number of carbonyl (C=O) groups excluding carboxylic acids is 1. The molecule has 9 heteroatoms. The lowest BCUT2D eigenvalue weighted by Crippen LogP contribution is -2.30. The van der Waals surface area contributed by atoms with Gasteiger partial charge in [0.2, 0.25) is 5.95 Å². The molecule has 4 aromatic rings. The fourth-order valence-corrected chi connectivity index (χ4v) is 3.46. The van der Waals surface area contributed by atoms with Crippen molar-refractivity contribution in [3.05, 3.63) is 71.0 Å². The van der Waals surface area contributed by atoms with E-state index in [0.717, 1.165) is 27.6 Å². The first-order chi connectivity index (χ1) is 13.6. The maximum absolute atomic E-state index is 12.4. The van der Waals surface area contributed by atoms with Crippen LogP contribution in [0.25, 0.3) is 16.3 Å². The van der Waals surface area contributed by atoms with Crippen LogP contribution in [0.2, 0.25) is 0 Å². The Kier molecular flexibility index (Phi) is 4.81. The highest BCUT2D eigenvalue weighted by Crippen LogP contribution is 2.25. The molecular weight excluding hydrogens is 374 g/mol. The van der Waals surface area contributed by atoms with Gasteiger partial charge < -0.3 is 0 Å². The summed E-state index contributed by atoms with van der Waals surface area (Å²) in [6.07, 6.45) is 1.72. The number of hydrazine groups is 1. The molecule has 140 valence electrons. The Hall–Kier alpha value is -3.59. The fourth-order valence-electron chi connectivity index (χ4n) is 2.74. The number of thiophene rings is 1. The van der Waals surface area contributed by atoms with Crippen molar-refractivity contribution in [3.63, 3.8) is 0 Å². The highest BCUT2D eigenvalue weighted by molar-refractivity contribution is 7.13. The van der Waals surface area contributed by atoms with Crippen LogP contribution in [0, 0.1) is 13.8 Å². The van der Waals surface area contributed by atoms with Crippen LogP contribution in [0.4, 0.5) is 5.95 Å². The van der Waals surface area contributed by atoms with Gasteiger partial charge in [0.15, 0.2) is 0 Å². The Bertz CT molecular complexity index is 1080. The van der Waals surface area contributed by atoms with E-state index in [-0.39, 0.29) is 5.91 Å². The van der Waals surface area contributed by atoms with Gasteiger partial charge in [-0.25, -0.2) is 14.6 Å². The zero-order valence-electron chi connectivity index (χ0n) is 15.2. The maximum Gasteiger partial charge on any atom is 0.269 e. The minimum absolute atomic E-state index is 0.286. The molecule has 1 amide bonds. The summed E-state index contributed by atoms with van der Waals surface area (Å²) >= 11 is 1.62. The van der Waals surface area contributed by atoms with Crippen molar-refractivity contribution < 1.29 is 4.79 Å². The summed E-state index contributed by atoms with van der Waals surface area (Å²) in [4.78, 5) is 21.9. The van der Waals surface area contributed by atoms with Crippen LogP contribution in [0.5, 0.6) is 0 Å². The molecule has 2 N–H and O–H groups in total. The first kappa shape index (κ1) is 17.8. The molecular formula is C19H17N7OS. The third-order valence-electron chi connectivity index (χ3n) is 3.97. The van der Waals surface area contributed by atoms with Crippen LogP contribution in [0.3, 0.4) is 0 Å². The monoisotopic (exact) mass is 391 g/mol. The number of aryl methyl sites for hydroxylation is 2. The van der Waals surface area contributed by atoms with Gasteiger partial charge in [0.25, 0.3) is 5.91 Å². The Morgan fingerprint density at radius 2 is 1.82 bits per heavy atom. The molecule has 3 aromatic heterocycles. The molecule has 0 saturated carbocycles. The Morgan fingerprint density at radius 1 is 1.07 bits per heavy atom. The Balaban J connectivity index is 1.48. The summed E-state index contributed by atoms with van der Waals surface area (Å²) in [6, 6.07) is 13.0. The van der Waals surface area contributed by atoms with Crippen LogP contribution >= 0.6 is 11.3 Å². The summed E-state index contributed by atoms with van der Waals surface area (Å²) in [7, 11) is 0. The van der Waals surface area contributed by atoms with Gasteiger partial charge in [-0.15, -0.1) is 16.4 Å². The Morgan fingerprint density at radius 3 is 2.50 bits per heavy atom. The lowest BCUT2D eigenvalue weighted by atomic mass is 10.2. The predicted octanol–water partition coefficient (Wildman–Crippen LogP) is 3.16. The number of nitrogens with zero attached hydrogens (tertiary/aromatic N) is 5. The summed E-state index contributed by atoms with van der Waals surface area (Å²) in [5.41, 5.74) is 9.23. The van der Waals surface area contributed by atoms with Gasteiger partial charge in [-0.2, -0.15) is 0 Å². The molecule has 0 radical (unpaired) electrons. The van der Waals surface area contributed by atoms with E-state index in [0.29, 0.717) is 11.5 Å². The second-order valence-electron chi connectivity index (χ2n) is 6.11. The zero-order valence-corrected chi connectivity index (χ0v) is 16.1. The molecule has 3 heterocycles. The van der Waals surface area contributed by atoms with E-state index >= 15 is 0 Å². The average Bonchev–Trinajstić information content (AvgIpc) is 3.36. The van der Waals surface area contributed by atoms with Crippen LogP contribution in [-0.2, 0) is 0 Å². The van der Waals surface area contributed by atoms with Crippen molar-refractivity contribution in [3.8, 4) is 16.3 Å². The molecule has 0 aliphatic rings. The van der Waals surface area contributed by atoms with E-state index in [1.165, 1.54) is 0 Å². The molecule has 0 fully saturated rings. The summed E-state index contributed by atoms with van der Waals surface area (Å²) in [6.45, 7) is 3.74. The molecule has 0 aliphatic heterocycles. The molecule has 1 aromatic carbocycles. The topological polar surface area (TPSA) is 97.6 Å². The van der Waals surface area contributed by atoms with Crippen molar-refractivity contribution in [1.29, 1.82) is 0 Å². The van der Waals surface area contributed by atoms with E-state index in [4.69, 9.17) is 0 Å². The number of rotatable bonds is 5. The first-order valence-electron chi connectivity index (χ1n) is 8.54. The minimum Gasteiger partial charge on any atom is -0.267 e. The molecule has 0 spiro atoms. The van der Waals surface area contributed by atoms with Crippen molar-refractivity contribution >= 4 is 23.2 Å². The summed E-state index contributed by atoms with van der Waals surface area (Å²) in [5.74, 6) is 0.0667. The predicted molar refractivity (Wildman–Crippen MR) is 107 cm³/mol. The van der Waals surface area contributed by atoms with E-state index in [1.54, 1.807) is 34.3 Å². The number of hydrogen-bond donors (Lipinski definition) is 2. The third-order valence-corrected chi connectivity index (χ3v) is 4.86. The number of benzene rings is 1. The maximum atomic E-state index is 12.4. The highest BCUT2D eigenvalue weighted by atomic mass is 32.1. The van der Waals surface area contributed by atoms with Gasteiger partial charge in [0.1, 0.15) is 5.69 Å². The van der Waals surface area contributed by atoms with Gasteiger partial charge >= 0.3 is 0 Å². The zero-order chi connectivity index (χ0) is 19.5. The smallest absolute Gasteiger partial charge is 0.267 e. The quantitative estimate of drug-likeness (QED) is 0.507. The molecule has 4 rings (SSSR count). The van der Waals surface area contributed by atoms with Gasteiger partial charge in [-0.1, -0.05) is 11.3 Å². The standard InChI is InChI=1S/C19H17N7OS/c1-12-10-13(2)22-19(21-12)24-23-18(27)14-5-7-15(8-6-14)26-16(11-20-25-26)17-4-3-9-28-17/h3-11H,1-2H3,(H,23,27)(H,21,22,24). The number of carbonyl (C=O) groups is 1. The van der Waals surface area contributed by atoms with E-state index in [9.17, 15) is 4.79 Å². The van der Waals surface area contributed by atoms with E-state index in [1.807, 2.05) is 49.6 Å². The molecule has 0 saturated heterocycles. The van der Waals surface area contributed by atoms with E-state index < -0.39 is 0 Å². The number of anilines is 1. The van der Waals surface area contributed by atoms with Crippen LogP contribution < -0.4 is 10.9 Å². The summed E-state index contributed by atoms with van der Waals surface area (Å²) < 4.78 is 1.75. The molecule has 8 nitrogen and oxygen atoms in total. The lowest BCUT2D eigenvalue weighted by Gasteiger charge is -2.09. The second kappa shape index (κ2) is 7.57. The fraction of sp³-hybridized carbons (Fsp3) is 0.105. The van der Waals surface area contributed by atoms with Crippen molar-refractivity contribution in [2.24, 2.45) is 0 Å². The number of amides is 1. The van der Waals surface area contributed by atoms with Crippen molar-refractivity contribution in [2.75, 3.05) is 5.43 Å². The number of aromatic nitrogens is 5. The van der Waals surface area contributed by atoms with Crippen molar-refractivity contribution in [1.82, 2.24) is 30.4 Å². The molecule has 0 bridgehead atoms. The van der Waals surface area contributed by atoms with Crippen LogP contribution in [0.15, 0.2) is 54.0 Å². The van der Waals surface area contributed by atoms with Gasteiger partial charge in [0, 0.05) is 17.0 Å². The van der Waals surface area contributed by atoms with Crippen molar-refractivity contribution in [2.45, 2.75) is 13.8 Å². The third kappa shape index (κ3) is 3.74. The SMILES string of the molecule is Cc1cc(C)nc(NNC(=O)c2ccc(-n3nncc3-c3cccs3)cc2)n1. The second-order valence-corrected chi connectivity index (χ2v) is 7.06. The minimum atomic E-state index is -0.286. The van der Waals surface area contributed by atoms with Crippen LogP contribution in [0.1, 0.15) is 21.7 Å². The average molecular weight is 391 g/mol. The molecule has 0 aliphatic carbocycles. The van der Waals surface area contributed by atoms with E-state index in [2.05, 4.69) is 31.1 Å². The van der Waals surface area contributed by atoms with Gasteiger partial charge in [0.05, 0.1) is 16.8 Å². The number of hydrogen-bond acceptors (Lipinski definition) is 7. The van der Waals surface area contributed by atoms with Gasteiger partial charge in [-0.05, 0) is 55.6 Å². The summed E-state index contributed by atoms with van der Waals surface area (Å²) in [5, 5.41) is 10.2. The molecule has 28 heavy (non-hydrogen) atoms. The highest BCUT2D eigenvalue weighted by Gasteiger charge is 2.11. The van der Waals surface area contributed by atoms with Crippen LogP contribution in [-0.4, -0.2) is 30.9 Å². The largest absolute Gasteiger partial charge is 0.269 e. The normalized spacial score (nSPS) is 10.6. The first-order valence-corrected chi connectivity index (χ1v) is 9.42. The molecule has 0 atom stereocenters. The van der Waals surface area contributed by atoms with Gasteiger partial charge in [-0.3, -0.25) is 15.6 Å². The molecule has 0 unspecified atom stereocenters. The Labute approximate surface area is 165 Å². The number of nitrogens with one attached hydrogen (secondary N) is 2. The lowest BCUT2D eigenvalue weighted by molar-refractivity contribution is 0.0962.